The van der Waals surface area contributed by atoms with Crippen molar-refractivity contribution in [3.05, 3.63) is 47.4 Å². The molecule has 0 saturated heterocycles. The van der Waals surface area contributed by atoms with E-state index >= 15 is 0 Å². The van der Waals surface area contributed by atoms with Crippen LogP contribution >= 0.6 is 12.2 Å². The maximum Gasteiger partial charge on any atom is 0.306 e. The number of hydrogen-bond acceptors (Lipinski definition) is 4. The van der Waals surface area contributed by atoms with Crippen LogP contribution in [0.1, 0.15) is 0 Å². The molecule has 0 atom stereocenters. The van der Waals surface area contributed by atoms with Crippen molar-refractivity contribution >= 4 is 23.2 Å². The number of para-hydroxylation sites is 1. The lowest BCUT2D eigenvalue weighted by Crippen LogP contribution is -1.99. The highest BCUT2D eigenvalue weighted by atomic mass is 32.1. The second kappa shape index (κ2) is 3.74. The van der Waals surface area contributed by atoms with E-state index in [1.807, 2.05) is 6.07 Å². The van der Waals surface area contributed by atoms with Gasteiger partial charge in [0.25, 0.3) is 0 Å². The van der Waals surface area contributed by atoms with Crippen molar-refractivity contribution < 1.29 is 8.81 Å². The van der Waals surface area contributed by atoms with E-state index in [2.05, 4.69) is 10.1 Å². The van der Waals surface area contributed by atoms with Crippen molar-refractivity contribution in [2.24, 2.45) is 0 Å². The molecule has 0 amide bonds. The summed E-state index contributed by atoms with van der Waals surface area (Å²) in [7, 11) is 0. The topological polar surface area (TPSA) is 43.9 Å². The third kappa shape index (κ3) is 1.53. The second-order valence-corrected chi connectivity index (χ2v) is 3.80. The summed E-state index contributed by atoms with van der Waals surface area (Å²) in [6, 6.07) is 6.26. The van der Waals surface area contributed by atoms with Crippen molar-refractivity contribution in [2.45, 2.75) is 0 Å². The summed E-state index contributed by atoms with van der Waals surface area (Å²) in [5.74, 6) is 0. The summed E-state index contributed by atoms with van der Waals surface area (Å²) >= 11 is 5.24. The van der Waals surface area contributed by atoms with E-state index in [4.69, 9.17) is 16.6 Å². The Morgan fingerprint density at radius 3 is 2.88 bits per heavy atom. The second-order valence-electron chi connectivity index (χ2n) is 3.39. The zero-order valence-corrected chi connectivity index (χ0v) is 9.32. The molecular formula is C11H6FN3OS. The first-order valence-electron chi connectivity index (χ1n) is 4.84. The molecule has 17 heavy (non-hydrogen) atoms. The van der Waals surface area contributed by atoms with Crippen LogP contribution in [0.3, 0.4) is 0 Å². The quantitative estimate of drug-likeness (QED) is 0.620. The standard InChI is InChI=1S/C11H6FN3OS/c12-11-9(15-6-13-5-14-15)10(17)7-3-1-2-4-8(7)16-11/h1-6H. The number of nitrogens with zero attached hydrogens (tertiary/aromatic N) is 3. The van der Waals surface area contributed by atoms with Crippen molar-refractivity contribution in [2.75, 3.05) is 0 Å². The van der Waals surface area contributed by atoms with Gasteiger partial charge in [-0.3, -0.25) is 0 Å². The highest BCUT2D eigenvalue weighted by molar-refractivity contribution is 7.71. The molecule has 2 aromatic heterocycles. The normalized spacial score (nSPS) is 10.9. The summed E-state index contributed by atoms with van der Waals surface area (Å²) in [6.45, 7) is 0. The van der Waals surface area contributed by atoms with Gasteiger partial charge in [-0.15, -0.1) is 0 Å². The molecular weight excluding hydrogens is 241 g/mol. The van der Waals surface area contributed by atoms with Gasteiger partial charge in [-0.05, 0) is 12.1 Å². The van der Waals surface area contributed by atoms with E-state index < -0.39 is 6.01 Å². The number of benzene rings is 1. The first-order valence-corrected chi connectivity index (χ1v) is 5.24. The fourth-order valence-corrected chi connectivity index (χ4v) is 1.97. The zero-order chi connectivity index (χ0) is 11.8. The molecule has 2 heterocycles. The Morgan fingerprint density at radius 2 is 2.12 bits per heavy atom. The van der Waals surface area contributed by atoms with Gasteiger partial charge in [-0.2, -0.15) is 9.49 Å². The average Bonchev–Trinajstić information content (AvgIpc) is 2.83. The largest absolute Gasteiger partial charge is 0.429 e. The van der Waals surface area contributed by atoms with Crippen LogP contribution in [0, 0.1) is 10.5 Å². The molecule has 4 nitrogen and oxygen atoms in total. The summed E-state index contributed by atoms with van der Waals surface area (Å²) in [6.07, 6.45) is 2.68. The van der Waals surface area contributed by atoms with Crippen LogP contribution in [0.4, 0.5) is 4.39 Å². The van der Waals surface area contributed by atoms with E-state index in [0.29, 0.717) is 15.5 Å². The first-order chi connectivity index (χ1) is 8.27. The Bertz CT molecular complexity index is 736. The van der Waals surface area contributed by atoms with Gasteiger partial charge >= 0.3 is 6.01 Å². The third-order valence-corrected chi connectivity index (χ3v) is 2.79. The summed E-state index contributed by atoms with van der Waals surface area (Å²) < 4.78 is 20.5. The van der Waals surface area contributed by atoms with Crippen LogP contribution in [0.5, 0.6) is 0 Å². The van der Waals surface area contributed by atoms with Gasteiger partial charge in [0.2, 0.25) is 0 Å². The summed E-state index contributed by atoms with van der Waals surface area (Å²) in [5.41, 5.74) is 0.523. The predicted molar refractivity (Wildman–Crippen MR) is 61.9 cm³/mol. The van der Waals surface area contributed by atoms with Gasteiger partial charge < -0.3 is 4.42 Å². The van der Waals surface area contributed by atoms with Crippen LogP contribution < -0.4 is 0 Å². The van der Waals surface area contributed by atoms with Gasteiger partial charge in [-0.25, -0.2) is 9.67 Å². The molecule has 0 aliphatic carbocycles. The first kappa shape index (κ1) is 10.1. The SMILES string of the molecule is Fc1oc2ccccc2c(=S)c1-n1cncn1. The van der Waals surface area contributed by atoms with E-state index in [1.54, 1.807) is 18.2 Å². The Hall–Kier alpha value is -2.08. The minimum Gasteiger partial charge on any atom is -0.429 e. The molecule has 0 unspecified atom stereocenters. The van der Waals surface area contributed by atoms with Gasteiger partial charge in [-0.1, -0.05) is 24.4 Å². The monoisotopic (exact) mass is 247 g/mol. The smallest absolute Gasteiger partial charge is 0.306 e. The van der Waals surface area contributed by atoms with Crippen molar-refractivity contribution in [3.8, 4) is 5.69 Å². The molecule has 0 spiro atoms. The molecule has 0 fully saturated rings. The van der Waals surface area contributed by atoms with E-state index in [0.717, 1.165) is 0 Å². The maximum absolute atomic E-state index is 13.8. The number of halogens is 1. The molecule has 6 heteroatoms. The molecule has 84 valence electrons. The highest BCUT2D eigenvalue weighted by Gasteiger charge is 2.13. The molecule has 0 N–H and O–H groups in total. The van der Waals surface area contributed by atoms with Crippen LogP contribution in [0.2, 0.25) is 0 Å². The summed E-state index contributed by atoms with van der Waals surface area (Å²) in [4.78, 5) is 3.76. The Labute approximate surface area is 100 Å². The third-order valence-electron chi connectivity index (χ3n) is 2.38. The fraction of sp³-hybridized carbons (Fsp3) is 0. The lowest BCUT2D eigenvalue weighted by molar-refractivity contribution is 0.365. The van der Waals surface area contributed by atoms with Gasteiger partial charge in [0.15, 0.2) is 5.69 Å². The van der Waals surface area contributed by atoms with Gasteiger partial charge in [0.1, 0.15) is 18.2 Å². The predicted octanol–water partition coefficient (Wildman–Crippen LogP) is 2.88. The Balaban J connectivity index is 2.44. The molecule has 3 rings (SSSR count). The highest BCUT2D eigenvalue weighted by Crippen LogP contribution is 2.23. The number of rotatable bonds is 1. The van der Waals surface area contributed by atoms with Crippen LogP contribution in [-0.4, -0.2) is 14.8 Å². The molecule has 0 saturated carbocycles. The number of aromatic nitrogens is 3. The molecule has 3 aromatic rings. The van der Waals surface area contributed by atoms with Crippen LogP contribution in [0.25, 0.3) is 16.7 Å². The Morgan fingerprint density at radius 1 is 1.29 bits per heavy atom. The average molecular weight is 247 g/mol. The van der Waals surface area contributed by atoms with E-state index in [9.17, 15) is 4.39 Å². The molecule has 0 radical (unpaired) electrons. The van der Waals surface area contributed by atoms with Crippen molar-refractivity contribution in [1.82, 2.24) is 14.8 Å². The van der Waals surface area contributed by atoms with Crippen molar-refractivity contribution in [1.29, 1.82) is 0 Å². The minimum absolute atomic E-state index is 0.108. The Kier molecular flexibility index (Phi) is 2.22. The van der Waals surface area contributed by atoms with Crippen molar-refractivity contribution in [3.63, 3.8) is 0 Å². The lowest BCUT2D eigenvalue weighted by Gasteiger charge is -2.04. The van der Waals surface area contributed by atoms with E-state index in [-0.39, 0.29) is 5.69 Å². The molecule has 0 bridgehead atoms. The molecule has 1 aromatic carbocycles. The van der Waals surface area contributed by atoms with Gasteiger partial charge in [0.05, 0.1) is 4.51 Å². The maximum atomic E-state index is 13.8. The fourth-order valence-electron chi connectivity index (χ4n) is 1.62. The summed E-state index contributed by atoms with van der Waals surface area (Å²) in [5, 5.41) is 4.53. The number of fused-ring (bicyclic) bond motifs is 1. The number of hydrogen-bond donors (Lipinski definition) is 0. The van der Waals surface area contributed by atoms with Crippen LogP contribution in [0.15, 0.2) is 41.3 Å². The van der Waals surface area contributed by atoms with Crippen LogP contribution in [-0.2, 0) is 0 Å². The minimum atomic E-state index is -0.765. The molecule has 0 aliphatic rings. The molecule has 0 aliphatic heterocycles. The van der Waals surface area contributed by atoms with Gasteiger partial charge in [0, 0.05) is 5.39 Å². The zero-order valence-electron chi connectivity index (χ0n) is 8.50. The lowest BCUT2D eigenvalue weighted by atomic mass is 10.2. The van der Waals surface area contributed by atoms with E-state index in [1.165, 1.54) is 17.3 Å².